The second-order valence-corrected chi connectivity index (χ2v) is 8.59. The maximum absolute atomic E-state index is 13.0. The fraction of sp³-hybridized carbons (Fsp3) is 0.0870. The van der Waals surface area contributed by atoms with Crippen molar-refractivity contribution in [1.82, 2.24) is 0 Å². The fourth-order valence-electron chi connectivity index (χ4n) is 2.98. The minimum Gasteiger partial charge on any atom is -0.406 e. The number of carbonyl (C=O) groups is 2. The Labute approximate surface area is 200 Å². The molecule has 0 saturated carbocycles. The van der Waals surface area contributed by atoms with Gasteiger partial charge in [0.25, 0.3) is 5.91 Å². The Kier molecular flexibility index (Phi) is 7.03. The number of alkyl halides is 3. The van der Waals surface area contributed by atoms with E-state index < -0.39 is 12.3 Å². The van der Waals surface area contributed by atoms with Gasteiger partial charge < -0.3 is 10.1 Å². The maximum atomic E-state index is 13.0. The second-order valence-electron chi connectivity index (χ2n) is 6.87. The van der Waals surface area contributed by atoms with Crippen LogP contribution in [0.2, 0.25) is 0 Å². The standard InChI is InChI=1S/C23H16F3N3O3S2/c24-23(25,26)32-18-8-6-16(7-9-18)27-20(30)14-34-22-28-19(12-15-10-11-33-13-15)21(31)29(22)17-4-2-1-3-5-17/h1-13H,14H2,(H,27,30)/b19-12+. The van der Waals surface area contributed by atoms with Gasteiger partial charge in [0.15, 0.2) is 5.17 Å². The number of hydrogen-bond donors (Lipinski definition) is 1. The van der Waals surface area contributed by atoms with E-state index in [2.05, 4.69) is 15.0 Å². The van der Waals surface area contributed by atoms with E-state index in [4.69, 9.17) is 0 Å². The predicted octanol–water partition coefficient (Wildman–Crippen LogP) is 5.76. The predicted molar refractivity (Wildman–Crippen MR) is 128 cm³/mol. The van der Waals surface area contributed by atoms with Crippen molar-refractivity contribution in [1.29, 1.82) is 0 Å². The van der Waals surface area contributed by atoms with Crippen LogP contribution < -0.4 is 15.0 Å². The van der Waals surface area contributed by atoms with E-state index in [-0.39, 0.29) is 23.1 Å². The molecule has 4 rings (SSSR count). The van der Waals surface area contributed by atoms with Crippen LogP contribution in [-0.2, 0) is 9.59 Å². The molecule has 34 heavy (non-hydrogen) atoms. The van der Waals surface area contributed by atoms with Crippen LogP contribution in [0.1, 0.15) is 5.56 Å². The van der Waals surface area contributed by atoms with Crippen molar-refractivity contribution in [2.75, 3.05) is 16.0 Å². The molecular formula is C23H16F3N3O3S2. The first kappa shape index (κ1) is 23.6. The van der Waals surface area contributed by atoms with Crippen molar-refractivity contribution in [3.05, 3.63) is 82.7 Å². The van der Waals surface area contributed by atoms with E-state index in [0.29, 0.717) is 16.5 Å². The summed E-state index contributed by atoms with van der Waals surface area (Å²) in [4.78, 5) is 31.4. The molecule has 3 aromatic rings. The van der Waals surface area contributed by atoms with Gasteiger partial charge in [-0.3, -0.25) is 14.5 Å². The highest BCUT2D eigenvalue weighted by atomic mass is 32.2. The number of halogens is 3. The molecule has 0 unspecified atom stereocenters. The number of ether oxygens (including phenoxy) is 1. The molecule has 174 valence electrons. The number of para-hydroxylation sites is 1. The lowest BCUT2D eigenvalue weighted by molar-refractivity contribution is -0.274. The first-order valence-electron chi connectivity index (χ1n) is 9.79. The summed E-state index contributed by atoms with van der Waals surface area (Å²) >= 11 is 2.58. The Bertz CT molecular complexity index is 1230. The number of nitrogens with zero attached hydrogens (tertiary/aromatic N) is 2. The van der Waals surface area contributed by atoms with Crippen LogP contribution in [0.15, 0.2) is 82.1 Å². The number of anilines is 2. The third-order valence-electron chi connectivity index (χ3n) is 4.39. The number of nitrogens with one attached hydrogen (secondary N) is 1. The molecular weight excluding hydrogens is 487 g/mol. The van der Waals surface area contributed by atoms with Crippen molar-refractivity contribution in [3.63, 3.8) is 0 Å². The molecule has 2 heterocycles. The van der Waals surface area contributed by atoms with E-state index in [0.717, 1.165) is 29.5 Å². The molecule has 11 heteroatoms. The summed E-state index contributed by atoms with van der Waals surface area (Å²) in [6.45, 7) is 0. The van der Waals surface area contributed by atoms with E-state index in [1.54, 1.807) is 30.3 Å². The van der Waals surface area contributed by atoms with E-state index >= 15 is 0 Å². The number of benzene rings is 2. The summed E-state index contributed by atoms with van der Waals surface area (Å²) in [7, 11) is 0. The van der Waals surface area contributed by atoms with Crippen LogP contribution in [0, 0.1) is 0 Å². The van der Waals surface area contributed by atoms with Gasteiger partial charge in [-0.2, -0.15) is 11.3 Å². The lowest BCUT2D eigenvalue weighted by atomic mass is 10.2. The van der Waals surface area contributed by atoms with Gasteiger partial charge in [-0.15, -0.1) is 13.2 Å². The number of amidine groups is 1. The van der Waals surface area contributed by atoms with Crippen molar-refractivity contribution < 1.29 is 27.5 Å². The second kappa shape index (κ2) is 10.1. The lowest BCUT2D eigenvalue weighted by Crippen LogP contribution is -2.31. The first-order valence-corrected chi connectivity index (χ1v) is 11.7. The van der Waals surface area contributed by atoms with Crippen LogP contribution in [0.3, 0.4) is 0 Å². The number of hydrogen-bond acceptors (Lipinski definition) is 6. The zero-order valence-electron chi connectivity index (χ0n) is 17.3. The molecule has 0 radical (unpaired) electrons. The molecule has 0 saturated heterocycles. The van der Waals surface area contributed by atoms with Crippen LogP contribution in [0.5, 0.6) is 5.75 Å². The van der Waals surface area contributed by atoms with Gasteiger partial charge in [0.1, 0.15) is 11.4 Å². The van der Waals surface area contributed by atoms with Crippen LogP contribution in [0.4, 0.5) is 24.5 Å². The minimum absolute atomic E-state index is 0.0675. The fourth-order valence-corrected chi connectivity index (χ4v) is 4.41. The zero-order chi connectivity index (χ0) is 24.1. The smallest absolute Gasteiger partial charge is 0.406 e. The molecule has 2 aromatic carbocycles. The topological polar surface area (TPSA) is 71.0 Å². The van der Waals surface area contributed by atoms with Gasteiger partial charge in [-0.25, -0.2) is 4.99 Å². The van der Waals surface area contributed by atoms with Crippen LogP contribution in [-0.4, -0.2) is 29.1 Å². The van der Waals surface area contributed by atoms with Gasteiger partial charge in [-0.05, 0) is 64.9 Å². The summed E-state index contributed by atoms with van der Waals surface area (Å²) in [5.74, 6) is -1.17. The minimum atomic E-state index is -4.79. The molecule has 6 nitrogen and oxygen atoms in total. The highest BCUT2D eigenvalue weighted by Gasteiger charge is 2.32. The van der Waals surface area contributed by atoms with Gasteiger partial charge in [0.05, 0.1) is 11.4 Å². The molecule has 0 bridgehead atoms. The number of thioether (sulfide) groups is 1. The Morgan fingerprint density at radius 3 is 2.50 bits per heavy atom. The largest absolute Gasteiger partial charge is 0.573 e. The van der Waals surface area contributed by atoms with Gasteiger partial charge >= 0.3 is 6.36 Å². The Hall–Kier alpha value is -3.57. The van der Waals surface area contributed by atoms with Crippen molar-refractivity contribution in [2.45, 2.75) is 6.36 Å². The maximum Gasteiger partial charge on any atom is 0.573 e. The Morgan fingerprint density at radius 1 is 1.12 bits per heavy atom. The summed E-state index contributed by atoms with van der Waals surface area (Å²) in [5.41, 5.74) is 2.04. The third-order valence-corrected chi connectivity index (χ3v) is 6.03. The van der Waals surface area contributed by atoms with Crippen LogP contribution >= 0.6 is 23.1 Å². The average molecular weight is 504 g/mol. The molecule has 2 amide bonds. The number of aliphatic imine (C=N–C) groups is 1. The Morgan fingerprint density at radius 2 is 1.85 bits per heavy atom. The molecule has 1 aliphatic heterocycles. The third kappa shape index (κ3) is 6.06. The summed E-state index contributed by atoms with van der Waals surface area (Å²) in [6, 6.07) is 15.7. The number of thiophene rings is 1. The summed E-state index contributed by atoms with van der Waals surface area (Å²) < 4.78 is 40.6. The monoisotopic (exact) mass is 503 g/mol. The highest BCUT2D eigenvalue weighted by Crippen LogP contribution is 2.30. The van der Waals surface area contributed by atoms with Crippen molar-refractivity contribution in [2.24, 2.45) is 4.99 Å². The van der Waals surface area contributed by atoms with Gasteiger partial charge in [0, 0.05) is 5.69 Å². The molecule has 1 N–H and O–H groups in total. The first-order chi connectivity index (χ1) is 16.3. The zero-order valence-corrected chi connectivity index (χ0v) is 18.9. The molecule has 1 aromatic heterocycles. The van der Waals surface area contributed by atoms with Crippen molar-refractivity contribution >= 4 is 57.5 Å². The SMILES string of the molecule is O=C(CSC1=N/C(=C/c2ccsc2)C(=O)N1c1ccccc1)Nc1ccc(OC(F)(F)F)cc1. The summed E-state index contributed by atoms with van der Waals surface area (Å²) in [5, 5.41) is 6.74. The van der Waals surface area contributed by atoms with E-state index in [1.165, 1.54) is 28.4 Å². The van der Waals surface area contributed by atoms with Gasteiger partial charge in [0.2, 0.25) is 5.91 Å². The molecule has 0 spiro atoms. The van der Waals surface area contributed by atoms with Gasteiger partial charge in [-0.1, -0.05) is 30.0 Å². The van der Waals surface area contributed by atoms with Crippen LogP contribution in [0.25, 0.3) is 6.08 Å². The number of carbonyl (C=O) groups excluding carboxylic acids is 2. The molecule has 0 fully saturated rings. The normalized spacial score (nSPS) is 14.9. The van der Waals surface area contributed by atoms with E-state index in [1.807, 2.05) is 22.9 Å². The molecule has 0 atom stereocenters. The van der Waals surface area contributed by atoms with E-state index in [9.17, 15) is 22.8 Å². The molecule has 0 aliphatic carbocycles. The Balaban J connectivity index is 1.45. The number of amides is 2. The number of rotatable bonds is 6. The van der Waals surface area contributed by atoms with Crippen molar-refractivity contribution in [3.8, 4) is 5.75 Å². The summed E-state index contributed by atoms with van der Waals surface area (Å²) in [6.07, 6.45) is -3.10. The quantitative estimate of drug-likeness (QED) is 0.434. The highest BCUT2D eigenvalue weighted by molar-refractivity contribution is 8.14. The molecule has 1 aliphatic rings. The lowest BCUT2D eigenvalue weighted by Gasteiger charge is -2.17. The average Bonchev–Trinajstić information content (AvgIpc) is 3.41.